The molecule has 0 saturated carbocycles. The van der Waals surface area contributed by atoms with E-state index in [0.29, 0.717) is 31.9 Å². The molecule has 0 aromatic heterocycles. The van der Waals surface area contributed by atoms with Crippen molar-refractivity contribution in [2.24, 2.45) is 0 Å². The maximum absolute atomic E-state index is 12.5. The molecule has 0 saturated heterocycles. The molecule has 0 N–H and O–H groups in total. The summed E-state index contributed by atoms with van der Waals surface area (Å²) in [5.74, 6) is 0.0410. The molecule has 20 heavy (non-hydrogen) atoms. The van der Waals surface area contributed by atoms with Crippen LogP contribution in [-0.2, 0) is 14.8 Å². The van der Waals surface area contributed by atoms with E-state index in [1.807, 2.05) is 29.2 Å². The number of alkyl halides is 1. The predicted molar refractivity (Wildman–Crippen MR) is 83.3 cm³/mol. The van der Waals surface area contributed by atoms with Crippen LogP contribution in [0.25, 0.3) is 0 Å². The zero-order valence-corrected chi connectivity index (χ0v) is 13.7. The SMILES string of the molecule is COCCCN(CCOC)C(=O)c1ccc(CBr)cc1. The van der Waals surface area contributed by atoms with Gasteiger partial charge in [-0.25, -0.2) is 0 Å². The largest absolute Gasteiger partial charge is 0.385 e. The van der Waals surface area contributed by atoms with Gasteiger partial charge in [0.2, 0.25) is 0 Å². The van der Waals surface area contributed by atoms with E-state index in [9.17, 15) is 4.79 Å². The van der Waals surface area contributed by atoms with Crippen LogP contribution in [0.3, 0.4) is 0 Å². The third kappa shape index (κ3) is 5.61. The van der Waals surface area contributed by atoms with E-state index < -0.39 is 0 Å². The maximum Gasteiger partial charge on any atom is 0.253 e. The molecule has 0 unspecified atom stereocenters. The van der Waals surface area contributed by atoms with Crippen LogP contribution in [0, 0.1) is 0 Å². The fourth-order valence-corrected chi connectivity index (χ4v) is 2.21. The van der Waals surface area contributed by atoms with Gasteiger partial charge in [-0.2, -0.15) is 0 Å². The molecular weight excluding hydrogens is 322 g/mol. The standard InChI is InChI=1S/C15H22BrNO3/c1-19-10-3-8-17(9-11-20-2)15(18)14-6-4-13(12-16)5-7-14/h4-7H,3,8-12H2,1-2H3. The summed E-state index contributed by atoms with van der Waals surface area (Å²) in [6.45, 7) is 2.47. The summed E-state index contributed by atoms with van der Waals surface area (Å²) in [6.07, 6.45) is 0.825. The van der Waals surface area contributed by atoms with Crippen LogP contribution in [0.1, 0.15) is 22.3 Å². The molecule has 112 valence electrons. The van der Waals surface area contributed by atoms with Crippen LogP contribution < -0.4 is 0 Å². The Labute approximate surface area is 129 Å². The lowest BCUT2D eigenvalue weighted by Gasteiger charge is -2.22. The zero-order chi connectivity index (χ0) is 14.8. The zero-order valence-electron chi connectivity index (χ0n) is 12.1. The molecule has 0 radical (unpaired) electrons. The number of hydrogen-bond donors (Lipinski definition) is 0. The highest BCUT2D eigenvalue weighted by molar-refractivity contribution is 9.08. The Morgan fingerprint density at radius 2 is 1.75 bits per heavy atom. The smallest absolute Gasteiger partial charge is 0.253 e. The minimum Gasteiger partial charge on any atom is -0.385 e. The van der Waals surface area contributed by atoms with E-state index in [1.54, 1.807) is 14.2 Å². The van der Waals surface area contributed by atoms with Gasteiger partial charge in [0.25, 0.3) is 5.91 Å². The van der Waals surface area contributed by atoms with Crippen molar-refractivity contribution in [1.29, 1.82) is 0 Å². The lowest BCUT2D eigenvalue weighted by atomic mass is 10.1. The van der Waals surface area contributed by atoms with Gasteiger partial charge in [-0.3, -0.25) is 4.79 Å². The van der Waals surface area contributed by atoms with Crippen molar-refractivity contribution in [2.75, 3.05) is 40.5 Å². The first-order valence-electron chi connectivity index (χ1n) is 6.65. The molecule has 1 aromatic rings. The Hall–Kier alpha value is -0.910. The fourth-order valence-electron chi connectivity index (χ4n) is 1.84. The summed E-state index contributed by atoms with van der Waals surface area (Å²) in [5, 5.41) is 0.794. The van der Waals surface area contributed by atoms with Gasteiger partial charge in [0.05, 0.1) is 6.61 Å². The van der Waals surface area contributed by atoms with Crippen molar-refractivity contribution in [3.05, 3.63) is 35.4 Å². The van der Waals surface area contributed by atoms with Gasteiger partial charge >= 0.3 is 0 Å². The predicted octanol–water partition coefficient (Wildman–Crippen LogP) is 2.71. The van der Waals surface area contributed by atoms with Crippen molar-refractivity contribution < 1.29 is 14.3 Å². The molecule has 1 rings (SSSR count). The van der Waals surface area contributed by atoms with Crippen molar-refractivity contribution in [3.8, 4) is 0 Å². The molecule has 1 aromatic carbocycles. The van der Waals surface area contributed by atoms with Gasteiger partial charge in [-0.15, -0.1) is 0 Å². The molecule has 4 nitrogen and oxygen atoms in total. The highest BCUT2D eigenvalue weighted by Crippen LogP contribution is 2.10. The van der Waals surface area contributed by atoms with E-state index in [0.717, 1.165) is 17.3 Å². The van der Waals surface area contributed by atoms with Crippen LogP contribution >= 0.6 is 15.9 Å². The van der Waals surface area contributed by atoms with Crippen LogP contribution in [-0.4, -0.2) is 51.3 Å². The molecule has 0 aliphatic carbocycles. The highest BCUT2D eigenvalue weighted by Gasteiger charge is 2.15. The van der Waals surface area contributed by atoms with E-state index in [1.165, 1.54) is 0 Å². The van der Waals surface area contributed by atoms with Gasteiger partial charge in [0, 0.05) is 44.8 Å². The molecular formula is C15H22BrNO3. The summed E-state index contributed by atoms with van der Waals surface area (Å²) in [4.78, 5) is 14.3. The second kappa shape index (κ2) is 9.91. The maximum atomic E-state index is 12.5. The van der Waals surface area contributed by atoms with Gasteiger partial charge in [0.15, 0.2) is 0 Å². The first kappa shape index (κ1) is 17.1. The highest BCUT2D eigenvalue weighted by atomic mass is 79.9. The van der Waals surface area contributed by atoms with Crippen molar-refractivity contribution in [2.45, 2.75) is 11.8 Å². The fraction of sp³-hybridized carbons (Fsp3) is 0.533. The second-order valence-electron chi connectivity index (χ2n) is 4.46. The monoisotopic (exact) mass is 343 g/mol. The molecule has 0 spiro atoms. The molecule has 5 heteroatoms. The van der Waals surface area contributed by atoms with E-state index in [-0.39, 0.29) is 5.91 Å². The summed E-state index contributed by atoms with van der Waals surface area (Å²) in [7, 11) is 3.31. The summed E-state index contributed by atoms with van der Waals surface area (Å²) in [5.41, 5.74) is 1.87. The number of hydrogen-bond acceptors (Lipinski definition) is 3. The quantitative estimate of drug-likeness (QED) is 0.511. The van der Waals surface area contributed by atoms with Crippen molar-refractivity contribution >= 4 is 21.8 Å². The number of carbonyl (C=O) groups excluding carboxylic acids is 1. The number of methoxy groups -OCH3 is 2. The molecule has 0 atom stereocenters. The van der Waals surface area contributed by atoms with E-state index in [2.05, 4.69) is 15.9 Å². The second-order valence-corrected chi connectivity index (χ2v) is 5.02. The number of nitrogens with zero attached hydrogens (tertiary/aromatic N) is 1. The van der Waals surface area contributed by atoms with Crippen molar-refractivity contribution in [1.82, 2.24) is 4.90 Å². The van der Waals surface area contributed by atoms with Crippen LogP contribution in [0.5, 0.6) is 0 Å². The minimum absolute atomic E-state index is 0.0410. The number of halogens is 1. The van der Waals surface area contributed by atoms with Crippen LogP contribution in [0.15, 0.2) is 24.3 Å². The Kier molecular flexibility index (Phi) is 8.49. The molecule has 1 amide bonds. The average Bonchev–Trinajstić information content (AvgIpc) is 2.50. The number of benzene rings is 1. The lowest BCUT2D eigenvalue weighted by Crippen LogP contribution is -2.35. The third-order valence-corrected chi connectivity index (χ3v) is 3.63. The van der Waals surface area contributed by atoms with E-state index >= 15 is 0 Å². The average molecular weight is 344 g/mol. The number of carbonyl (C=O) groups is 1. The number of rotatable bonds is 9. The van der Waals surface area contributed by atoms with Gasteiger partial charge in [0.1, 0.15) is 0 Å². The number of ether oxygens (including phenoxy) is 2. The van der Waals surface area contributed by atoms with Gasteiger partial charge in [-0.05, 0) is 24.1 Å². The van der Waals surface area contributed by atoms with Crippen LogP contribution in [0.4, 0.5) is 0 Å². The molecule has 0 bridgehead atoms. The van der Waals surface area contributed by atoms with Gasteiger partial charge in [-0.1, -0.05) is 28.1 Å². The normalized spacial score (nSPS) is 10.6. The summed E-state index contributed by atoms with van der Waals surface area (Å²) >= 11 is 3.40. The topological polar surface area (TPSA) is 38.8 Å². The Morgan fingerprint density at radius 1 is 1.10 bits per heavy atom. The van der Waals surface area contributed by atoms with Crippen molar-refractivity contribution in [3.63, 3.8) is 0 Å². The third-order valence-electron chi connectivity index (χ3n) is 2.98. The molecule has 0 aliphatic heterocycles. The summed E-state index contributed by atoms with van der Waals surface area (Å²) < 4.78 is 10.1. The van der Waals surface area contributed by atoms with Crippen LogP contribution in [0.2, 0.25) is 0 Å². The molecule has 0 heterocycles. The first-order valence-corrected chi connectivity index (χ1v) is 7.77. The Balaban J connectivity index is 2.68. The van der Waals surface area contributed by atoms with E-state index in [4.69, 9.17) is 9.47 Å². The first-order chi connectivity index (χ1) is 9.72. The lowest BCUT2D eigenvalue weighted by molar-refractivity contribution is 0.0674. The molecule has 0 aliphatic rings. The van der Waals surface area contributed by atoms with Gasteiger partial charge < -0.3 is 14.4 Å². The Bertz CT molecular complexity index is 395. The summed E-state index contributed by atoms with van der Waals surface area (Å²) in [6, 6.07) is 7.67. The molecule has 0 fully saturated rings. The minimum atomic E-state index is 0.0410. The number of amides is 1. The Morgan fingerprint density at radius 3 is 2.30 bits per heavy atom.